The van der Waals surface area contributed by atoms with E-state index in [9.17, 15) is 8.42 Å². The fourth-order valence-electron chi connectivity index (χ4n) is 2.55. The van der Waals surface area contributed by atoms with Crippen LogP contribution in [0, 0.1) is 5.92 Å². The summed E-state index contributed by atoms with van der Waals surface area (Å²) in [5.74, 6) is 0.454. The third kappa shape index (κ3) is 3.40. The van der Waals surface area contributed by atoms with Gasteiger partial charge in [-0.1, -0.05) is 32.0 Å². The van der Waals surface area contributed by atoms with E-state index in [1.54, 1.807) is 16.4 Å². The maximum Gasteiger partial charge on any atom is 0.243 e. The zero-order chi connectivity index (χ0) is 14.6. The number of sulfonamides is 1. The van der Waals surface area contributed by atoms with Gasteiger partial charge < -0.3 is 5.32 Å². The minimum absolute atomic E-state index is 0.454. The van der Waals surface area contributed by atoms with Crippen molar-refractivity contribution in [2.75, 3.05) is 19.6 Å². The van der Waals surface area contributed by atoms with Gasteiger partial charge in [-0.05, 0) is 36.9 Å². The van der Waals surface area contributed by atoms with E-state index in [4.69, 9.17) is 0 Å². The van der Waals surface area contributed by atoms with Crippen molar-refractivity contribution in [3.05, 3.63) is 29.8 Å². The third-order valence-electron chi connectivity index (χ3n) is 3.72. The minimum atomic E-state index is -3.35. The van der Waals surface area contributed by atoms with E-state index in [0.29, 0.717) is 30.4 Å². The second-order valence-electron chi connectivity index (χ2n) is 5.54. The van der Waals surface area contributed by atoms with E-state index in [2.05, 4.69) is 19.2 Å². The van der Waals surface area contributed by atoms with Gasteiger partial charge in [0.1, 0.15) is 0 Å². The van der Waals surface area contributed by atoms with E-state index in [1.807, 2.05) is 12.1 Å². The molecule has 1 atom stereocenters. The van der Waals surface area contributed by atoms with Gasteiger partial charge in [0.25, 0.3) is 0 Å². The lowest BCUT2D eigenvalue weighted by molar-refractivity contribution is 0.463. The molecule has 0 aromatic heterocycles. The number of hydrogen-bond donors (Lipinski definition) is 1. The van der Waals surface area contributed by atoms with Crippen LogP contribution in [0.15, 0.2) is 29.2 Å². The average Bonchev–Trinajstić information content (AvgIpc) is 2.87. The second kappa shape index (κ2) is 6.70. The quantitative estimate of drug-likeness (QED) is 0.819. The zero-order valence-electron chi connectivity index (χ0n) is 12.3. The first-order chi connectivity index (χ1) is 9.55. The summed E-state index contributed by atoms with van der Waals surface area (Å²) in [4.78, 5) is 0.456. The van der Waals surface area contributed by atoms with Gasteiger partial charge >= 0.3 is 0 Å². The Kier molecular flexibility index (Phi) is 5.18. The van der Waals surface area contributed by atoms with E-state index >= 15 is 0 Å². The molecule has 112 valence electrons. The summed E-state index contributed by atoms with van der Waals surface area (Å²) in [7, 11) is -3.35. The standard InChI is InChI=1S/C15H24N2O2S/c1-3-9-16-11-14-6-4-5-7-15(14)20(18,19)17-10-8-13(2)12-17/h4-7,13,16H,3,8-12H2,1-2H3. The molecule has 4 nitrogen and oxygen atoms in total. The molecule has 1 unspecified atom stereocenters. The molecule has 1 aromatic carbocycles. The normalized spacial score (nSPS) is 20.4. The molecule has 0 amide bonds. The van der Waals surface area contributed by atoms with E-state index in [0.717, 1.165) is 24.9 Å². The zero-order valence-corrected chi connectivity index (χ0v) is 13.1. The van der Waals surface area contributed by atoms with Crippen molar-refractivity contribution in [2.24, 2.45) is 5.92 Å². The summed E-state index contributed by atoms with van der Waals surface area (Å²) < 4.78 is 27.1. The van der Waals surface area contributed by atoms with Crippen molar-refractivity contribution in [3.63, 3.8) is 0 Å². The molecule has 0 aliphatic carbocycles. The Bertz CT molecular complexity index is 543. The first-order valence-electron chi connectivity index (χ1n) is 7.34. The smallest absolute Gasteiger partial charge is 0.243 e. The number of hydrogen-bond acceptors (Lipinski definition) is 3. The molecule has 1 aromatic rings. The molecule has 1 saturated heterocycles. The van der Waals surface area contributed by atoms with Crippen LogP contribution < -0.4 is 5.32 Å². The monoisotopic (exact) mass is 296 g/mol. The molecule has 1 N–H and O–H groups in total. The van der Waals surface area contributed by atoms with Gasteiger partial charge in [-0.15, -0.1) is 0 Å². The molecular weight excluding hydrogens is 272 g/mol. The van der Waals surface area contributed by atoms with Gasteiger partial charge in [-0.25, -0.2) is 8.42 Å². The van der Waals surface area contributed by atoms with Crippen LogP contribution in [0.5, 0.6) is 0 Å². The number of benzene rings is 1. The number of nitrogens with zero attached hydrogens (tertiary/aromatic N) is 1. The van der Waals surface area contributed by atoms with Crippen molar-refractivity contribution in [1.29, 1.82) is 0 Å². The summed E-state index contributed by atoms with van der Waals surface area (Å²) in [6.45, 7) is 6.98. The molecule has 1 aliphatic rings. The summed E-state index contributed by atoms with van der Waals surface area (Å²) in [6.07, 6.45) is 1.99. The van der Waals surface area contributed by atoms with Gasteiger partial charge in [0, 0.05) is 19.6 Å². The van der Waals surface area contributed by atoms with Crippen LogP contribution in [-0.4, -0.2) is 32.4 Å². The largest absolute Gasteiger partial charge is 0.313 e. The second-order valence-corrected chi connectivity index (χ2v) is 7.45. The van der Waals surface area contributed by atoms with Crippen LogP contribution >= 0.6 is 0 Å². The van der Waals surface area contributed by atoms with Crippen LogP contribution in [0.2, 0.25) is 0 Å². The summed E-state index contributed by atoms with van der Waals surface area (Å²) >= 11 is 0. The molecule has 1 aliphatic heterocycles. The third-order valence-corrected chi connectivity index (χ3v) is 5.68. The lowest BCUT2D eigenvalue weighted by Crippen LogP contribution is -2.30. The maximum atomic E-state index is 12.7. The molecule has 2 rings (SSSR count). The Balaban J connectivity index is 2.22. The maximum absolute atomic E-state index is 12.7. The fraction of sp³-hybridized carbons (Fsp3) is 0.600. The first kappa shape index (κ1) is 15.5. The van der Waals surface area contributed by atoms with Gasteiger partial charge in [-0.3, -0.25) is 0 Å². The highest BCUT2D eigenvalue weighted by Crippen LogP contribution is 2.26. The highest BCUT2D eigenvalue weighted by molar-refractivity contribution is 7.89. The first-order valence-corrected chi connectivity index (χ1v) is 8.78. The van der Waals surface area contributed by atoms with Crippen molar-refractivity contribution in [1.82, 2.24) is 9.62 Å². The number of nitrogens with one attached hydrogen (secondary N) is 1. The average molecular weight is 296 g/mol. The number of rotatable bonds is 6. The highest BCUT2D eigenvalue weighted by atomic mass is 32.2. The predicted octanol–water partition coefficient (Wildman–Crippen LogP) is 2.22. The van der Waals surface area contributed by atoms with E-state index < -0.39 is 10.0 Å². The Labute approximate surface area is 122 Å². The van der Waals surface area contributed by atoms with Crippen molar-refractivity contribution >= 4 is 10.0 Å². The fourth-order valence-corrected chi connectivity index (χ4v) is 4.35. The van der Waals surface area contributed by atoms with Crippen molar-refractivity contribution in [2.45, 2.75) is 38.1 Å². The lowest BCUT2D eigenvalue weighted by atomic mass is 10.2. The Hall–Kier alpha value is -0.910. The molecule has 0 bridgehead atoms. The molecular formula is C15H24N2O2S. The van der Waals surface area contributed by atoms with Crippen LogP contribution in [0.4, 0.5) is 0 Å². The van der Waals surface area contributed by atoms with Crippen molar-refractivity contribution in [3.8, 4) is 0 Å². The SMILES string of the molecule is CCCNCc1ccccc1S(=O)(=O)N1CCC(C)C1. The van der Waals surface area contributed by atoms with Crippen LogP contribution in [0.1, 0.15) is 32.3 Å². The molecule has 1 fully saturated rings. The Morgan fingerprint density at radius 2 is 2.10 bits per heavy atom. The molecule has 0 spiro atoms. The van der Waals surface area contributed by atoms with Gasteiger partial charge in [0.2, 0.25) is 10.0 Å². The van der Waals surface area contributed by atoms with Crippen molar-refractivity contribution < 1.29 is 8.42 Å². The molecule has 20 heavy (non-hydrogen) atoms. The highest BCUT2D eigenvalue weighted by Gasteiger charge is 2.31. The van der Waals surface area contributed by atoms with Gasteiger partial charge in [-0.2, -0.15) is 4.31 Å². The van der Waals surface area contributed by atoms with Crippen LogP contribution in [0.3, 0.4) is 0 Å². The minimum Gasteiger partial charge on any atom is -0.313 e. The summed E-state index contributed by atoms with van der Waals surface area (Å²) in [5, 5.41) is 3.28. The Morgan fingerprint density at radius 1 is 1.35 bits per heavy atom. The summed E-state index contributed by atoms with van der Waals surface area (Å²) in [6, 6.07) is 7.32. The van der Waals surface area contributed by atoms with Crippen LogP contribution in [0.25, 0.3) is 0 Å². The molecule has 1 heterocycles. The Morgan fingerprint density at radius 3 is 2.75 bits per heavy atom. The van der Waals surface area contributed by atoms with Gasteiger partial charge in [0.05, 0.1) is 4.90 Å². The molecule has 0 saturated carbocycles. The van der Waals surface area contributed by atoms with E-state index in [1.165, 1.54) is 0 Å². The molecule has 5 heteroatoms. The van der Waals surface area contributed by atoms with E-state index in [-0.39, 0.29) is 0 Å². The van der Waals surface area contributed by atoms with Crippen LogP contribution in [-0.2, 0) is 16.6 Å². The summed E-state index contributed by atoms with van der Waals surface area (Å²) in [5.41, 5.74) is 0.862. The lowest BCUT2D eigenvalue weighted by Gasteiger charge is -2.18. The molecule has 0 radical (unpaired) electrons. The topological polar surface area (TPSA) is 49.4 Å². The predicted molar refractivity (Wildman–Crippen MR) is 81.0 cm³/mol. The van der Waals surface area contributed by atoms with Gasteiger partial charge in [0.15, 0.2) is 0 Å².